The molecule has 0 aliphatic carbocycles. The summed E-state index contributed by atoms with van der Waals surface area (Å²) in [4.78, 5) is 29.3. The molecule has 2 aliphatic heterocycles. The normalized spacial score (nSPS) is 17.0. The number of benzene rings is 3. The van der Waals surface area contributed by atoms with Crippen LogP contribution in [0.3, 0.4) is 0 Å². The number of ether oxygens (including phenoxy) is 3. The van der Waals surface area contributed by atoms with Crippen molar-refractivity contribution in [1.82, 2.24) is 20.3 Å². The first-order chi connectivity index (χ1) is 19.6. The number of hydrogen-bond donors (Lipinski definition) is 1. The molecule has 1 N–H and O–H groups in total. The van der Waals surface area contributed by atoms with Gasteiger partial charge in [-0.15, -0.1) is 5.10 Å². The first-order valence-corrected chi connectivity index (χ1v) is 13.2. The van der Waals surface area contributed by atoms with Gasteiger partial charge < -0.3 is 19.5 Å². The molecular weight excluding hydrogens is 517 g/mol. The largest absolute Gasteiger partial charge is 0.486 e. The molecule has 0 saturated carbocycles. The molecule has 2 amide bonds. The van der Waals surface area contributed by atoms with Gasteiger partial charge in [-0.3, -0.25) is 14.5 Å². The molecule has 0 spiro atoms. The zero-order valence-corrected chi connectivity index (χ0v) is 21.7. The van der Waals surface area contributed by atoms with Crippen LogP contribution in [0.25, 0.3) is 11.0 Å². The van der Waals surface area contributed by atoms with Crippen LogP contribution in [0.4, 0.5) is 10.1 Å². The summed E-state index contributed by atoms with van der Waals surface area (Å²) in [5.74, 6) is -0.684. The van der Waals surface area contributed by atoms with Crippen LogP contribution in [-0.4, -0.2) is 59.3 Å². The number of nitrogens with one attached hydrogen (secondary N) is 1. The Kier molecular flexibility index (Phi) is 7.28. The van der Waals surface area contributed by atoms with Crippen LogP contribution >= 0.6 is 0 Å². The van der Waals surface area contributed by atoms with E-state index in [4.69, 9.17) is 14.2 Å². The maximum Gasteiger partial charge on any atom is 0.249 e. The van der Waals surface area contributed by atoms with E-state index in [0.717, 1.165) is 12.8 Å². The Morgan fingerprint density at radius 3 is 2.65 bits per heavy atom. The van der Waals surface area contributed by atoms with E-state index in [2.05, 4.69) is 15.6 Å². The number of carbonyl (C=O) groups is 2. The monoisotopic (exact) mass is 545 g/mol. The fourth-order valence-corrected chi connectivity index (χ4v) is 5.07. The third kappa shape index (κ3) is 5.20. The van der Waals surface area contributed by atoms with Crippen LogP contribution in [0.1, 0.15) is 24.4 Å². The number of amides is 2. The minimum atomic E-state index is -1.33. The van der Waals surface area contributed by atoms with E-state index in [0.29, 0.717) is 48.0 Å². The average Bonchev–Trinajstić information content (AvgIpc) is 3.65. The lowest BCUT2D eigenvalue weighted by molar-refractivity contribution is -0.127. The Morgan fingerprint density at radius 1 is 1.02 bits per heavy atom. The number of para-hydroxylation sites is 1. The number of carbonyl (C=O) groups excluding carboxylic acids is 2. The van der Waals surface area contributed by atoms with Crippen LogP contribution in [0.5, 0.6) is 11.5 Å². The number of rotatable bonds is 8. The molecule has 0 unspecified atom stereocenters. The topological polar surface area (TPSA) is 108 Å². The zero-order valence-electron chi connectivity index (χ0n) is 21.7. The van der Waals surface area contributed by atoms with Gasteiger partial charge in [0.25, 0.3) is 0 Å². The van der Waals surface area contributed by atoms with E-state index in [9.17, 15) is 9.59 Å². The Bertz CT molecular complexity index is 1540. The van der Waals surface area contributed by atoms with Crippen molar-refractivity contribution in [2.75, 3.05) is 31.3 Å². The number of anilines is 1. The van der Waals surface area contributed by atoms with E-state index < -0.39 is 23.7 Å². The highest BCUT2D eigenvalue weighted by Crippen LogP contribution is 2.37. The number of halogens is 1. The van der Waals surface area contributed by atoms with Crippen molar-refractivity contribution in [3.63, 3.8) is 0 Å². The van der Waals surface area contributed by atoms with Gasteiger partial charge in [-0.2, -0.15) is 0 Å². The number of hydrogen-bond acceptors (Lipinski definition) is 7. The molecule has 1 aromatic heterocycles. The first kappa shape index (κ1) is 25.8. The van der Waals surface area contributed by atoms with Crippen molar-refractivity contribution in [2.45, 2.75) is 31.5 Å². The SMILES string of the molecule is O=C(NC[C@H]1CCCO1)[C@@H](c1ccccc1F)N(C(=O)Cn1nnc2ccccc21)c1ccc2c(c1)OCCO2. The standard InChI is InChI=1S/C29H28FN5O5/c30-22-8-2-1-7-21(22)28(29(37)31-17-20-6-5-13-38-20)35(19-11-12-25-26(16-19)40-15-14-39-25)27(36)18-34-24-10-4-3-9-23(24)32-33-34/h1-4,7-12,16,20,28H,5-6,13-15,17-18H2,(H,31,37)/t20-,28-/m1/s1. The minimum Gasteiger partial charge on any atom is -0.486 e. The quantitative estimate of drug-likeness (QED) is 0.362. The molecule has 0 radical (unpaired) electrons. The van der Waals surface area contributed by atoms with Crippen molar-refractivity contribution in [2.24, 2.45) is 0 Å². The summed E-state index contributed by atoms with van der Waals surface area (Å²) in [6.07, 6.45) is 1.59. The molecule has 2 atom stereocenters. The Morgan fingerprint density at radius 2 is 1.82 bits per heavy atom. The lowest BCUT2D eigenvalue weighted by atomic mass is 10.0. The Balaban J connectivity index is 1.42. The third-order valence-electron chi connectivity index (χ3n) is 7.01. The molecule has 2 aliphatic rings. The van der Waals surface area contributed by atoms with Crippen molar-refractivity contribution in [3.8, 4) is 11.5 Å². The average molecular weight is 546 g/mol. The van der Waals surface area contributed by atoms with Gasteiger partial charge in [0, 0.05) is 30.5 Å². The van der Waals surface area contributed by atoms with E-state index in [1.165, 1.54) is 27.8 Å². The molecule has 3 aromatic carbocycles. The second kappa shape index (κ2) is 11.3. The fourth-order valence-electron chi connectivity index (χ4n) is 5.07. The smallest absolute Gasteiger partial charge is 0.249 e. The van der Waals surface area contributed by atoms with Crippen LogP contribution in [0.15, 0.2) is 66.7 Å². The van der Waals surface area contributed by atoms with E-state index in [-0.39, 0.29) is 24.8 Å². The minimum absolute atomic E-state index is 0.0547. The van der Waals surface area contributed by atoms with Gasteiger partial charge in [-0.25, -0.2) is 9.07 Å². The highest BCUT2D eigenvalue weighted by Gasteiger charge is 2.36. The second-order valence-electron chi connectivity index (χ2n) is 9.63. The zero-order chi connectivity index (χ0) is 27.5. The van der Waals surface area contributed by atoms with Crippen molar-refractivity contribution in [3.05, 3.63) is 78.1 Å². The van der Waals surface area contributed by atoms with Crippen molar-refractivity contribution < 1.29 is 28.2 Å². The molecule has 10 nitrogen and oxygen atoms in total. The van der Waals surface area contributed by atoms with Crippen LogP contribution in [-0.2, 0) is 20.9 Å². The van der Waals surface area contributed by atoms with E-state index in [1.54, 1.807) is 36.4 Å². The Hall–Kier alpha value is -4.51. The van der Waals surface area contributed by atoms with Gasteiger partial charge >= 0.3 is 0 Å². The van der Waals surface area contributed by atoms with Gasteiger partial charge in [0.2, 0.25) is 11.8 Å². The molecule has 11 heteroatoms. The molecule has 4 aromatic rings. The molecule has 1 saturated heterocycles. The molecular formula is C29H28FN5O5. The van der Waals surface area contributed by atoms with Crippen molar-refractivity contribution in [1.29, 1.82) is 0 Å². The van der Waals surface area contributed by atoms with Crippen LogP contribution in [0, 0.1) is 5.82 Å². The summed E-state index contributed by atoms with van der Waals surface area (Å²) in [6.45, 7) is 1.39. The molecule has 206 valence electrons. The summed E-state index contributed by atoms with van der Waals surface area (Å²) in [7, 11) is 0. The van der Waals surface area contributed by atoms with E-state index in [1.807, 2.05) is 12.1 Å². The summed E-state index contributed by atoms with van der Waals surface area (Å²) in [6, 6.07) is 16.9. The Labute approximate surface area is 229 Å². The summed E-state index contributed by atoms with van der Waals surface area (Å²) in [5, 5.41) is 11.2. The predicted octanol–water partition coefficient (Wildman–Crippen LogP) is 3.41. The fraction of sp³-hybridized carbons (Fsp3) is 0.310. The summed E-state index contributed by atoms with van der Waals surface area (Å²) in [5.41, 5.74) is 1.68. The molecule has 3 heterocycles. The summed E-state index contributed by atoms with van der Waals surface area (Å²) >= 11 is 0. The van der Waals surface area contributed by atoms with Crippen molar-refractivity contribution >= 4 is 28.5 Å². The number of aromatic nitrogens is 3. The highest BCUT2D eigenvalue weighted by atomic mass is 19.1. The number of fused-ring (bicyclic) bond motifs is 2. The lowest BCUT2D eigenvalue weighted by Crippen LogP contribution is -2.47. The van der Waals surface area contributed by atoms with Gasteiger partial charge in [0.05, 0.1) is 11.6 Å². The molecule has 1 fully saturated rings. The maximum absolute atomic E-state index is 15.3. The van der Waals surface area contributed by atoms with Gasteiger partial charge in [-0.05, 0) is 43.2 Å². The number of nitrogens with zero attached hydrogens (tertiary/aromatic N) is 4. The van der Waals surface area contributed by atoms with Gasteiger partial charge in [-0.1, -0.05) is 35.5 Å². The van der Waals surface area contributed by atoms with E-state index >= 15 is 4.39 Å². The predicted molar refractivity (Wildman–Crippen MR) is 144 cm³/mol. The van der Waals surface area contributed by atoms with Crippen LogP contribution in [0.2, 0.25) is 0 Å². The summed E-state index contributed by atoms with van der Waals surface area (Å²) < 4.78 is 33.9. The second-order valence-corrected chi connectivity index (χ2v) is 9.63. The first-order valence-electron chi connectivity index (χ1n) is 13.2. The van der Waals surface area contributed by atoms with Gasteiger partial charge in [0.15, 0.2) is 11.5 Å². The molecule has 40 heavy (non-hydrogen) atoms. The lowest BCUT2D eigenvalue weighted by Gasteiger charge is -2.32. The highest BCUT2D eigenvalue weighted by molar-refractivity contribution is 6.01. The molecule has 0 bridgehead atoms. The van der Waals surface area contributed by atoms with Crippen LogP contribution < -0.4 is 19.7 Å². The third-order valence-corrected chi connectivity index (χ3v) is 7.01. The van der Waals surface area contributed by atoms with Gasteiger partial charge in [0.1, 0.15) is 37.1 Å². The molecule has 6 rings (SSSR count). The maximum atomic E-state index is 15.3.